The average molecular weight is 251 g/mol. The number of carbonyl (C=O) groups is 1. The highest BCUT2D eigenvalue weighted by Gasteiger charge is 2.14. The van der Waals surface area contributed by atoms with Gasteiger partial charge < -0.3 is 14.9 Å². The molecule has 1 aromatic rings. The summed E-state index contributed by atoms with van der Waals surface area (Å²) < 4.78 is 5.23. The highest BCUT2D eigenvalue weighted by Crippen LogP contribution is 2.08. The van der Waals surface area contributed by atoms with Crippen LogP contribution in [-0.2, 0) is 16.1 Å². The Bertz CT molecular complexity index is 441. The van der Waals surface area contributed by atoms with E-state index in [1.807, 2.05) is 30.3 Å². The number of hydrogen-bond acceptors (Lipinski definition) is 5. The quantitative estimate of drug-likeness (QED) is 0.335. The molecule has 0 unspecified atom stereocenters. The second kappa shape index (κ2) is 7.18. The standard InChI is InChI=1S/C12H13NO5/c14-10(11(13-17)12(15)16)6-7-18-8-9-4-2-1-3-5-9/h1-5,14H,6-8H2,(H,15,16). The van der Waals surface area contributed by atoms with Crippen LogP contribution in [0, 0.1) is 4.91 Å². The van der Waals surface area contributed by atoms with Crippen molar-refractivity contribution in [3.05, 3.63) is 52.3 Å². The van der Waals surface area contributed by atoms with E-state index in [9.17, 15) is 14.8 Å². The number of aliphatic carboxylic acids is 1. The molecule has 6 nitrogen and oxygen atoms in total. The zero-order valence-corrected chi connectivity index (χ0v) is 9.57. The van der Waals surface area contributed by atoms with Gasteiger partial charge in [-0.25, -0.2) is 4.79 Å². The molecule has 0 amide bonds. The molecule has 0 saturated carbocycles. The summed E-state index contributed by atoms with van der Waals surface area (Å²) in [5.41, 5.74) is 0.0891. The number of aliphatic hydroxyl groups is 1. The third-order valence-corrected chi connectivity index (χ3v) is 2.16. The minimum atomic E-state index is -1.55. The molecule has 2 N–H and O–H groups in total. The maximum atomic E-state index is 10.5. The second-order valence-corrected chi connectivity index (χ2v) is 3.48. The molecule has 6 heteroatoms. The largest absolute Gasteiger partial charge is 0.510 e. The van der Waals surface area contributed by atoms with Crippen LogP contribution in [0.5, 0.6) is 0 Å². The summed E-state index contributed by atoms with van der Waals surface area (Å²) in [6, 6.07) is 9.38. The fourth-order valence-electron chi connectivity index (χ4n) is 1.27. The molecule has 0 aliphatic carbocycles. The Hall–Kier alpha value is -2.21. The highest BCUT2D eigenvalue weighted by atomic mass is 16.5. The molecule has 0 bridgehead atoms. The lowest BCUT2D eigenvalue weighted by Gasteiger charge is -2.04. The lowest BCUT2D eigenvalue weighted by molar-refractivity contribution is -0.132. The van der Waals surface area contributed by atoms with Crippen molar-refractivity contribution in [2.45, 2.75) is 13.0 Å². The van der Waals surface area contributed by atoms with Crippen molar-refractivity contribution in [3.63, 3.8) is 0 Å². The first-order valence-electron chi connectivity index (χ1n) is 5.25. The third kappa shape index (κ3) is 4.34. The molecule has 0 saturated heterocycles. The van der Waals surface area contributed by atoms with Crippen molar-refractivity contribution >= 4 is 5.97 Å². The van der Waals surface area contributed by atoms with E-state index in [1.54, 1.807) is 0 Å². The van der Waals surface area contributed by atoms with Crippen molar-refractivity contribution in [2.24, 2.45) is 5.18 Å². The van der Waals surface area contributed by atoms with Crippen LogP contribution in [-0.4, -0.2) is 22.8 Å². The summed E-state index contributed by atoms with van der Waals surface area (Å²) in [6.07, 6.45) is -0.0692. The molecule has 0 aliphatic heterocycles. The fourth-order valence-corrected chi connectivity index (χ4v) is 1.27. The van der Waals surface area contributed by atoms with Gasteiger partial charge in [0.15, 0.2) is 0 Å². The molecule has 0 aromatic heterocycles. The molecule has 0 radical (unpaired) electrons. The van der Waals surface area contributed by atoms with Gasteiger partial charge in [0.05, 0.1) is 13.2 Å². The van der Waals surface area contributed by atoms with E-state index in [4.69, 9.17) is 9.84 Å². The number of carboxylic acids is 1. The van der Waals surface area contributed by atoms with E-state index >= 15 is 0 Å². The fraction of sp³-hybridized carbons (Fsp3) is 0.250. The molecule has 0 atom stereocenters. The van der Waals surface area contributed by atoms with E-state index in [-0.39, 0.29) is 13.0 Å². The lowest BCUT2D eigenvalue weighted by Crippen LogP contribution is -2.04. The van der Waals surface area contributed by atoms with Crippen LogP contribution in [0.2, 0.25) is 0 Å². The molecule has 0 heterocycles. The predicted molar refractivity (Wildman–Crippen MR) is 63.8 cm³/mol. The van der Waals surface area contributed by atoms with Gasteiger partial charge in [-0.1, -0.05) is 30.3 Å². The number of ether oxygens (including phenoxy) is 1. The monoisotopic (exact) mass is 251 g/mol. The summed E-state index contributed by atoms with van der Waals surface area (Å²) in [6.45, 7) is 0.456. The predicted octanol–water partition coefficient (Wildman–Crippen LogP) is 2.21. The first-order chi connectivity index (χ1) is 8.65. The van der Waals surface area contributed by atoms with E-state index in [1.165, 1.54) is 0 Å². The van der Waals surface area contributed by atoms with Gasteiger partial charge in [0.25, 0.3) is 0 Å². The van der Waals surface area contributed by atoms with Crippen LogP contribution >= 0.6 is 0 Å². The van der Waals surface area contributed by atoms with E-state index < -0.39 is 17.4 Å². The van der Waals surface area contributed by atoms with Crippen molar-refractivity contribution in [1.29, 1.82) is 0 Å². The maximum Gasteiger partial charge on any atom is 0.361 e. The Kier molecular flexibility index (Phi) is 5.53. The Balaban J connectivity index is 2.38. The molecule has 0 spiro atoms. The van der Waals surface area contributed by atoms with Crippen LogP contribution in [0.25, 0.3) is 0 Å². The molecular formula is C12H13NO5. The molecule has 18 heavy (non-hydrogen) atoms. The normalized spacial score (nSPS) is 11.8. The summed E-state index contributed by atoms with van der Waals surface area (Å²) in [5.74, 6) is -2.13. The smallest absolute Gasteiger partial charge is 0.361 e. The highest BCUT2D eigenvalue weighted by molar-refractivity contribution is 5.86. The van der Waals surface area contributed by atoms with Crippen LogP contribution in [0.4, 0.5) is 0 Å². The van der Waals surface area contributed by atoms with Crippen LogP contribution < -0.4 is 0 Å². The van der Waals surface area contributed by atoms with Crippen molar-refractivity contribution < 1.29 is 19.7 Å². The molecular weight excluding hydrogens is 238 g/mol. The molecule has 0 fully saturated rings. The van der Waals surface area contributed by atoms with Crippen LogP contribution in [0.1, 0.15) is 12.0 Å². The number of aliphatic hydroxyl groups excluding tert-OH is 1. The number of benzene rings is 1. The van der Waals surface area contributed by atoms with Gasteiger partial charge in [0, 0.05) is 6.42 Å². The lowest BCUT2D eigenvalue weighted by atomic mass is 10.2. The first kappa shape index (κ1) is 13.9. The number of rotatable bonds is 7. The van der Waals surface area contributed by atoms with Crippen LogP contribution in [0.3, 0.4) is 0 Å². The molecule has 96 valence electrons. The van der Waals surface area contributed by atoms with Crippen molar-refractivity contribution in [3.8, 4) is 0 Å². The number of nitroso groups, excluding NO2 is 1. The zero-order chi connectivity index (χ0) is 13.4. The van der Waals surface area contributed by atoms with E-state index in [0.29, 0.717) is 6.61 Å². The van der Waals surface area contributed by atoms with Gasteiger partial charge in [0.1, 0.15) is 5.76 Å². The van der Waals surface area contributed by atoms with Gasteiger partial charge in [-0.15, -0.1) is 4.91 Å². The summed E-state index contributed by atoms with van der Waals surface area (Å²) in [4.78, 5) is 20.6. The van der Waals surface area contributed by atoms with Gasteiger partial charge in [0.2, 0.25) is 5.70 Å². The average Bonchev–Trinajstić information content (AvgIpc) is 2.36. The number of hydrogen-bond donors (Lipinski definition) is 2. The maximum absolute atomic E-state index is 10.5. The van der Waals surface area contributed by atoms with E-state index in [2.05, 4.69) is 5.18 Å². The number of nitrogens with zero attached hydrogens (tertiary/aromatic N) is 1. The summed E-state index contributed by atoms with van der Waals surface area (Å²) in [7, 11) is 0. The molecule has 0 aliphatic rings. The SMILES string of the molecule is O=NC(C(=O)O)=C(O)CCOCc1ccccc1. The first-order valence-corrected chi connectivity index (χ1v) is 5.25. The summed E-state index contributed by atoms with van der Waals surface area (Å²) >= 11 is 0. The third-order valence-electron chi connectivity index (χ3n) is 2.16. The minimum absolute atomic E-state index is 0.0692. The second-order valence-electron chi connectivity index (χ2n) is 3.48. The van der Waals surface area contributed by atoms with Gasteiger partial charge in [-0.3, -0.25) is 0 Å². The Morgan fingerprint density at radius 2 is 1.89 bits per heavy atom. The Morgan fingerprint density at radius 3 is 2.44 bits per heavy atom. The van der Waals surface area contributed by atoms with E-state index in [0.717, 1.165) is 5.56 Å². The van der Waals surface area contributed by atoms with Gasteiger partial charge in [-0.2, -0.15) is 0 Å². The molecule has 1 aromatic carbocycles. The molecule has 1 rings (SSSR count). The Labute approximate surface area is 103 Å². The van der Waals surface area contributed by atoms with Crippen molar-refractivity contribution in [2.75, 3.05) is 6.61 Å². The minimum Gasteiger partial charge on any atom is -0.510 e. The van der Waals surface area contributed by atoms with Gasteiger partial charge >= 0.3 is 5.97 Å². The topological polar surface area (TPSA) is 96.2 Å². The van der Waals surface area contributed by atoms with Crippen molar-refractivity contribution in [1.82, 2.24) is 0 Å². The summed E-state index contributed by atoms with van der Waals surface area (Å²) in [5, 5.41) is 20.1. The number of carboxylic acid groups (broad SMARTS) is 1. The van der Waals surface area contributed by atoms with Gasteiger partial charge in [-0.05, 0) is 10.7 Å². The van der Waals surface area contributed by atoms with Crippen LogP contribution in [0.15, 0.2) is 47.0 Å². The Morgan fingerprint density at radius 1 is 1.22 bits per heavy atom. The zero-order valence-electron chi connectivity index (χ0n) is 9.57.